The van der Waals surface area contributed by atoms with Crippen LogP contribution < -0.4 is 0 Å². The van der Waals surface area contributed by atoms with Crippen molar-refractivity contribution in [2.45, 2.75) is 4.90 Å². The molecule has 0 aliphatic heterocycles. The molecule has 0 saturated heterocycles. The summed E-state index contributed by atoms with van der Waals surface area (Å²) in [5.74, 6) is -0.206. The Morgan fingerprint density at radius 2 is 1.33 bits per heavy atom. The molecular formula is C20H14N2O4S. The maximum absolute atomic E-state index is 11.5. The maximum Gasteiger partial charge on any atom is 0.295 e. The molecule has 4 rings (SSSR count). The summed E-state index contributed by atoms with van der Waals surface area (Å²) >= 11 is 0. The highest BCUT2D eigenvalue weighted by Crippen LogP contribution is 2.38. The van der Waals surface area contributed by atoms with E-state index in [9.17, 15) is 18.1 Å². The largest absolute Gasteiger partial charge is 0.505 e. The lowest BCUT2D eigenvalue weighted by Gasteiger charge is -2.07. The zero-order chi connectivity index (χ0) is 19.0. The number of phenols is 1. The van der Waals surface area contributed by atoms with E-state index in [0.29, 0.717) is 5.69 Å². The van der Waals surface area contributed by atoms with E-state index >= 15 is 0 Å². The summed E-state index contributed by atoms with van der Waals surface area (Å²) in [6.45, 7) is 0. The van der Waals surface area contributed by atoms with Crippen LogP contribution in [0.1, 0.15) is 0 Å². The van der Waals surface area contributed by atoms with Crippen LogP contribution in [0.15, 0.2) is 87.9 Å². The molecule has 134 valence electrons. The minimum atomic E-state index is -4.40. The van der Waals surface area contributed by atoms with Gasteiger partial charge < -0.3 is 5.11 Å². The van der Waals surface area contributed by atoms with E-state index in [4.69, 9.17) is 0 Å². The van der Waals surface area contributed by atoms with Crippen molar-refractivity contribution < 1.29 is 18.1 Å². The number of rotatable bonds is 3. The lowest BCUT2D eigenvalue weighted by Crippen LogP contribution is -1.98. The van der Waals surface area contributed by atoms with Gasteiger partial charge in [0.05, 0.1) is 5.69 Å². The van der Waals surface area contributed by atoms with Gasteiger partial charge in [-0.05, 0) is 23.6 Å². The van der Waals surface area contributed by atoms with Gasteiger partial charge in [0, 0.05) is 16.2 Å². The van der Waals surface area contributed by atoms with Crippen LogP contribution in [0.4, 0.5) is 11.4 Å². The molecule has 7 heteroatoms. The molecule has 0 radical (unpaired) electrons. The predicted molar refractivity (Wildman–Crippen MR) is 104 cm³/mol. The molecule has 0 heterocycles. The van der Waals surface area contributed by atoms with Gasteiger partial charge in [-0.15, -0.1) is 10.2 Å². The summed E-state index contributed by atoms with van der Waals surface area (Å²) in [4.78, 5) is -0.271. The third-order valence-electron chi connectivity index (χ3n) is 4.28. The van der Waals surface area contributed by atoms with Gasteiger partial charge in [0.1, 0.15) is 10.6 Å². The normalized spacial score (nSPS) is 12.2. The van der Waals surface area contributed by atoms with E-state index in [0.717, 1.165) is 10.8 Å². The molecule has 0 bridgehead atoms. The first-order valence-corrected chi connectivity index (χ1v) is 9.51. The minimum Gasteiger partial charge on any atom is -0.505 e. The van der Waals surface area contributed by atoms with Crippen molar-refractivity contribution in [3.8, 4) is 5.75 Å². The average molecular weight is 378 g/mol. The zero-order valence-corrected chi connectivity index (χ0v) is 14.8. The SMILES string of the molecule is O=S(=O)(O)c1cccc2c(O)c(N=Nc3cccc4ccccc34)ccc12. The predicted octanol–water partition coefficient (Wildman–Crippen LogP) is 5.36. The first-order chi connectivity index (χ1) is 12.9. The Morgan fingerprint density at radius 1 is 0.667 bits per heavy atom. The van der Waals surface area contributed by atoms with Gasteiger partial charge in [-0.1, -0.05) is 54.6 Å². The third kappa shape index (κ3) is 3.14. The van der Waals surface area contributed by atoms with E-state index in [-0.39, 0.29) is 27.1 Å². The third-order valence-corrected chi connectivity index (χ3v) is 5.19. The number of benzene rings is 4. The first-order valence-electron chi connectivity index (χ1n) is 8.07. The van der Waals surface area contributed by atoms with Crippen LogP contribution in [-0.4, -0.2) is 18.1 Å². The highest BCUT2D eigenvalue weighted by molar-refractivity contribution is 7.86. The molecule has 0 aliphatic rings. The van der Waals surface area contributed by atoms with Gasteiger partial charge in [0.2, 0.25) is 0 Å². The second kappa shape index (κ2) is 6.46. The fraction of sp³-hybridized carbons (Fsp3) is 0. The summed E-state index contributed by atoms with van der Waals surface area (Å²) in [6, 6.07) is 20.6. The van der Waals surface area contributed by atoms with Crippen LogP contribution in [0.5, 0.6) is 5.75 Å². The number of nitrogens with zero attached hydrogens (tertiary/aromatic N) is 2. The molecule has 4 aromatic rings. The molecule has 0 atom stereocenters. The molecule has 2 N–H and O–H groups in total. The average Bonchev–Trinajstić information content (AvgIpc) is 2.66. The van der Waals surface area contributed by atoms with Crippen molar-refractivity contribution in [2.75, 3.05) is 0 Å². The molecular weight excluding hydrogens is 364 g/mol. The monoisotopic (exact) mass is 378 g/mol. The molecule has 0 saturated carbocycles. The highest BCUT2D eigenvalue weighted by Gasteiger charge is 2.16. The molecule has 0 aliphatic carbocycles. The Bertz CT molecular complexity index is 1310. The summed E-state index contributed by atoms with van der Waals surface area (Å²) in [7, 11) is -4.40. The number of azo groups is 1. The van der Waals surface area contributed by atoms with E-state index in [1.165, 1.54) is 24.3 Å². The van der Waals surface area contributed by atoms with Crippen molar-refractivity contribution in [3.63, 3.8) is 0 Å². The van der Waals surface area contributed by atoms with Gasteiger partial charge in [-0.3, -0.25) is 4.55 Å². The number of hydrogen-bond donors (Lipinski definition) is 2. The number of hydrogen-bond acceptors (Lipinski definition) is 5. The summed E-state index contributed by atoms with van der Waals surface area (Å²) < 4.78 is 32.4. The first kappa shape index (κ1) is 17.1. The number of phenolic OH excluding ortho intramolecular Hbond substituents is 1. The molecule has 0 fully saturated rings. The topological polar surface area (TPSA) is 99.3 Å². The lowest BCUT2D eigenvalue weighted by molar-refractivity contribution is 0.482. The van der Waals surface area contributed by atoms with Crippen molar-refractivity contribution in [2.24, 2.45) is 10.2 Å². The molecule has 0 spiro atoms. The fourth-order valence-corrected chi connectivity index (χ4v) is 3.72. The zero-order valence-electron chi connectivity index (χ0n) is 13.9. The molecule has 0 amide bonds. The summed E-state index contributed by atoms with van der Waals surface area (Å²) in [5.41, 5.74) is 0.849. The Balaban J connectivity index is 1.83. The maximum atomic E-state index is 11.5. The molecule has 0 unspecified atom stereocenters. The van der Waals surface area contributed by atoms with Crippen LogP contribution in [0.2, 0.25) is 0 Å². The van der Waals surface area contributed by atoms with E-state index in [1.54, 1.807) is 6.07 Å². The fourth-order valence-electron chi connectivity index (χ4n) is 3.01. The Morgan fingerprint density at radius 3 is 2.15 bits per heavy atom. The van der Waals surface area contributed by atoms with Crippen molar-refractivity contribution in [1.82, 2.24) is 0 Å². The second-order valence-corrected chi connectivity index (χ2v) is 7.35. The van der Waals surface area contributed by atoms with Crippen molar-refractivity contribution in [1.29, 1.82) is 0 Å². The van der Waals surface area contributed by atoms with Crippen molar-refractivity contribution in [3.05, 3.63) is 72.8 Å². The van der Waals surface area contributed by atoms with Gasteiger partial charge >= 0.3 is 0 Å². The van der Waals surface area contributed by atoms with Crippen LogP contribution >= 0.6 is 0 Å². The molecule has 4 aromatic carbocycles. The standard InChI is InChI=1S/C20H14N2O4S/c23-20-16-8-4-10-19(27(24,25)26)15(16)11-12-18(20)22-21-17-9-3-6-13-5-1-2-7-14(13)17/h1-12,23H,(H,24,25,26). The van der Waals surface area contributed by atoms with Crippen LogP contribution in [0, 0.1) is 0 Å². The van der Waals surface area contributed by atoms with Gasteiger partial charge in [-0.25, -0.2) is 0 Å². The lowest BCUT2D eigenvalue weighted by atomic mass is 10.1. The van der Waals surface area contributed by atoms with Gasteiger partial charge in [0.25, 0.3) is 10.1 Å². The molecule has 6 nitrogen and oxygen atoms in total. The Kier molecular flexibility index (Phi) is 4.10. The Labute approximate surface area is 155 Å². The van der Waals surface area contributed by atoms with Crippen LogP contribution in [0.3, 0.4) is 0 Å². The second-order valence-electron chi connectivity index (χ2n) is 5.96. The van der Waals surface area contributed by atoms with Gasteiger partial charge in [-0.2, -0.15) is 8.42 Å². The summed E-state index contributed by atoms with van der Waals surface area (Å²) in [5, 5.41) is 21.3. The van der Waals surface area contributed by atoms with Crippen LogP contribution in [0.25, 0.3) is 21.5 Å². The Hall–Kier alpha value is -3.29. The van der Waals surface area contributed by atoms with Crippen LogP contribution in [-0.2, 0) is 10.1 Å². The summed E-state index contributed by atoms with van der Waals surface area (Å²) in [6.07, 6.45) is 0. The highest BCUT2D eigenvalue weighted by atomic mass is 32.2. The minimum absolute atomic E-state index is 0.197. The van der Waals surface area contributed by atoms with E-state index in [1.807, 2.05) is 42.5 Å². The van der Waals surface area contributed by atoms with E-state index in [2.05, 4.69) is 10.2 Å². The quantitative estimate of drug-likeness (QED) is 0.370. The molecule has 0 aromatic heterocycles. The van der Waals surface area contributed by atoms with E-state index < -0.39 is 10.1 Å². The molecule has 27 heavy (non-hydrogen) atoms. The number of fused-ring (bicyclic) bond motifs is 2. The number of aromatic hydroxyl groups is 1. The van der Waals surface area contributed by atoms with Gasteiger partial charge in [0.15, 0.2) is 5.75 Å². The smallest absolute Gasteiger partial charge is 0.295 e. The van der Waals surface area contributed by atoms with Crippen molar-refractivity contribution >= 4 is 43.0 Å².